The summed E-state index contributed by atoms with van der Waals surface area (Å²) < 4.78 is 0. The van der Waals surface area contributed by atoms with Crippen LogP contribution in [0.15, 0.2) is 67.7 Å². The van der Waals surface area contributed by atoms with E-state index < -0.39 is 0 Å². The maximum atomic E-state index is 4.49. The largest absolute Gasteiger partial charge is 0.372 e. The van der Waals surface area contributed by atoms with Gasteiger partial charge in [-0.25, -0.2) is 4.98 Å². The first-order valence-electron chi connectivity index (χ1n) is 7.46. The standard InChI is InChI=1S/C18H23N5/c1-6-14(7-2)12-23(5)15-9-10-16-17(11-15)22-18(21-16)20-13(4)19-8-3/h6-7,9-12,19H,1-2,4,8H2,3,5H3,(H2,20,21,22). The van der Waals surface area contributed by atoms with Gasteiger partial charge in [-0.2, -0.15) is 0 Å². The summed E-state index contributed by atoms with van der Waals surface area (Å²) in [6.45, 7) is 14.3. The summed E-state index contributed by atoms with van der Waals surface area (Å²) >= 11 is 0. The van der Waals surface area contributed by atoms with Crippen LogP contribution in [0, 0.1) is 0 Å². The molecule has 1 heterocycles. The number of aromatic amines is 1. The van der Waals surface area contributed by atoms with E-state index >= 15 is 0 Å². The molecule has 3 N–H and O–H groups in total. The van der Waals surface area contributed by atoms with Crippen LogP contribution < -0.4 is 15.5 Å². The molecule has 0 aliphatic heterocycles. The third-order valence-corrected chi connectivity index (χ3v) is 3.35. The first-order valence-corrected chi connectivity index (χ1v) is 7.46. The minimum Gasteiger partial charge on any atom is -0.372 e. The van der Waals surface area contributed by atoms with Gasteiger partial charge in [0.2, 0.25) is 5.95 Å². The summed E-state index contributed by atoms with van der Waals surface area (Å²) in [4.78, 5) is 9.76. The summed E-state index contributed by atoms with van der Waals surface area (Å²) in [6.07, 6.45) is 5.52. The van der Waals surface area contributed by atoms with Crippen molar-refractivity contribution in [3.8, 4) is 0 Å². The molecule has 0 saturated heterocycles. The zero-order valence-electron chi connectivity index (χ0n) is 13.7. The Morgan fingerprint density at radius 2 is 2.09 bits per heavy atom. The SMILES string of the molecule is C=CC(C=C)=CN(C)c1ccc2nc(NC(=C)NCC)[nH]c2c1. The van der Waals surface area contributed by atoms with E-state index in [2.05, 4.69) is 40.3 Å². The lowest BCUT2D eigenvalue weighted by Gasteiger charge is -2.15. The second-order valence-electron chi connectivity index (χ2n) is 5.07. The van der Waals surface area contributed by atoms with Crippen LogP contribution >= 0.6 is 0 Å². The Bertz CT molecular complexity index is 744. The molecule has 0 aliphatic carbocycles. The molecule has 1 aromatic heterocycles. The number of anilines is 2. The quantitative estimate of drug-likeness (QED) is 0.650. The Balaban J connectivity index is 2.25. The molecule has 0 atom stereocenters. The van der Waals surface area contributed by atoms with Crippen LogP contribution in [0.4, 0.5) is 11.6 Å². The van der Waals surface area contributed by atoms with Crippen molar-refractivity contribution in [1.29, 1.82) is 0 Å². The smallest absolute Gasteiger partial charge is 0.206 e. The fraction of sp³-hybridized carbons (Fsp3) is 0.167. The molecule has 5 nitrogen and oxygen atoms in total. The predicted molar refractivity (Wildman–Crippen MR) is 99.4 cm³/mol. The monoisotopic (exact) mass is 309 g/mol. The van der Waals surface area contributed by atoms with Crippen LogP contribution in [-0.4, -0.2) is 23.6 Å². The van der Waals surface area contributed by atoms with Crippen LogP contribution in [0.2, 0.25) is 0 Å². The van der Waals surface area contributed by atoms with E-state index in [-0.39, 0.29) is 0 Å². The Morgan fingerprint density at radius 3 is 2.74 bits per heavy atom. The molecule has 120 valence electrons. The van der Waals surface area contributed by atoms with Gasteiger partial charge in [0.25, 0.3) is 0 Å². The van der Waals surface area contributed by atoms with Crippen molar-refractivity contribution >= 4 is 22.7 Å². The molecule has 1 aromatic carbocycles. The Kier molecular flexibility index (Phi) is 5.25. The summed E-state index contributed by atoms with van der Waals surface area (Å²) in [5, 5.41) is 6.21. The van der Waals surface area contributed by atoms with Crippen molar-refractivity contribution in [1.82, 2.24) is 15.3 Å². The van der Waals surface area contributed by atoms with Crippen LogP contribution in [0.25, 0.3) is 11.0 Å². The lowest BCUT2D eigenvalue weighted by atomic mass is 10.2. The maximum Gasteiger partial charge on any atom is 0.206 e. The van der Waals surface area contributed by atoms with E-state index in [1.807, 2.05) is 43.3 Å². The lowest BCUT2D eigenvalue weighted by molar-refractivity contribution is 0.860. The molecule has 0 unspecified atom stereocenters. The lowest BCUT2D eigenvalue weighted by Crippen LogP contribution is -2.18. The number of aromatic nitrogens is 2. The normalized spacial score (nSPS) is 10.0. The number of allylic oxidation sites excluding steroid dienone is 3. The highest BCUT2D eigenvalue weighted by Gasteiger charge is 2.06. The van der Waals surface area contributed by atoms with Gasteiger partial charge in [0, 0.05) is 25.5 Å². The first kappa shape index (κ1) is 16.4. The number of rotatable bonds is 8. The van der Waals surface area contributed by atoms with Gasteiger partial charge in [-0.15, -0.1) is 0 Å². The Labute approximate surface area is 137 Å². The van der Waals surface area contributed by atoms with Gasteiger partial charge >= 0.3 is 0 Å². The predicted octanol–water partition coefficient (Wildman–Crippen LogP) is 3.75. The van der Waals surface area contributed by atoms with Crippen molar-refractivity contribution < 1.29 is 0 Å². The second kappa shape index (κ2) is 7.35. The molecule has 0 bridgehead atoms. The van der Waals surface area contributed by atoms with Crippen molar-refractivity contribution in [3.05, 3.63) is 67.7 Å². The Hall–Kier alpha value is -2.95. The van der Waals surface area contributed by atoms with Gasteiger partial charge in [0.15, 0.2) is 0 Å². The summed E-state index contributed by atoms with van der Waals surface area (Å²) in [7, 11) is 1.98. The molecule has 5 heteroatoms. The van der Waals surface area contributed by atoms with Gasteiger partial charge < -0.3 is 20.5 Å². The second-order valence-corrected chi connectivity index (χ2v) is 5.07. The number of hydrogen-bond donors (Lipinski definition) is 3. The summed E-state index contributed by atoms with van der Waals surface area (Å²) in [6, 6.07) is 6.05. The molecule has 23 heavy (non-hydrogen) atoms. The number of hydrogen-bond acceptors (Lipinski definition) is 4. The van der Waals surface area contributed by atoms with Crippen LogP contribution in [0.3, 0.4) is 0 Å². The number of imidazole rings is 1. The topological polar surface area (TPSA) is 56.0 Å². The molecule has 2 aromatic rings. The van der Waals surface area contributed by atoms with Crippen LogP contribution in [0.5, 0.6) is 0 Å². The minimum atomic E-state index is 0.666. The average Bonchev–Trinajstić information content (AvgIpc) is 2.93. The van der Waals surface area contributed by atoms with Crippen molar-refractivity contribution in [2.75, 3.05) is 23.8 Å². The van der Waals surface area contributed by atoms with E-state index in [0.717, 1.165) is 28.8 Å². The van der Waals surface area contributed by atoms with Crippen LogP contribution in [-0.2, 0) is 0 Å². The molecule has 0 fully saturated rings. The number of fused-ring (bicyclic) bond motifs is 1. The minimum absolute atomic E-state index is 0.666. The fourth-order valence-electron chi connectivity index (χ4n) is 2.16. The molecular weight excluding hydrogens is 286 g/mol. The van der Waals surface area contributed by atoms with Crippen molar-refractivity contribution in [2.45, 2.75) is 6.92 Å². The van der Waals surface area contributed by atoms with E-state index in [4.69, 9.17) is 0 Å². The van der Waals surface area contributed by atoms with Gasteiger partial charge in [-0.1, -0.05) is 31.9 Å². The number of nitrogens with one attached hydrogen (secondary N) is 3. The van der Waals surface area contributed by atoms with E-state index in [1.54, 1.807) is 12.2 Å². The van der Waals surface area contributed by atoms with Crippen LogP contribution in [0.1, 0.15) is 6.92 Å². The van der Waals surface area contributed by atoms with Gasteiger partial charge in [0.05, 0.1) is 16.9 Å². The average molecular weight is 309 g/mol. The molecule has 0 spiro atoms. The molecule has 0 amide bonds. The van der Waals surface area contributed by atoms with E-state index in [1.165, 1.54) is 0 Å². The third-order valence-electron chi connectivity index (χ3n) is 3.35. The highest BCUT2D eigenvalue weighted by atomic mass is 15.2. The Morgan fingerprint density at radius 1 is 1.35 bits per heavy atom. The van der Waals surface area contributed by atoms with Gasteiger partial charge in [-0.3, -0.25) is 0 Å². The maximum absolute atomic E-state index is 4.49. The molecule has 0 saturated carbocycles. The zero-order valence-corrected chi connectivity index (χ0v) is 13.7. The first-order chi connectivity index (χ1) is 11.1. The molecular formula is C18H23N5. The number of H-pyrrole nitrogens is 1. The third kappa shape index (κ3) is 4.03. The number of benzene rings is 1. The number of nitrogens with zero attached hydrogens (tertiary/aromatic N) is 2. The fourth-order valence-corrected chi connectivity index (χ4v) is 2.16. The van der Waals surface area contributed by atoms with E-state index in [0.29, 0.717) is 11.8 Å². The van der Waals surface area contributed by atoms with Gasteiger partial charge in [-0.05, 0) is 30.7 Å². The molecule has 0 aliphatic rings. The van der Waals surface area contributed by atoms with Crippen molar-refractivity contribution in [3.63, 3.8) is 0 Å². The van der Waals surface area contributed by atoms with Gasteiger partial charge in [0.1, 0.15) is 0 Å². The molecule has 2 rings (SSSR count). The van der Waals surface area contributed by atoms with Crippen molar-refractivity contribution in [2.24, 2.45) is 0 Å². The highest BCUT2D eigenvalue weighted by molar-refractivity contribution is 5.82. The van der Waals surface area contributed by atoms with E-state index in [9.17, 15) is 0 Å². The summed E-state index contributed by atoms with van der Waals surface area (Å²) in [5.41, 5.74) is 3.85. The zero-order chi connectivity index (χ0) is 16.8. The highest BCUT2D eigenvalue weighted by Crippen LogP contribution is 2.22. The summed E-state index contributed by atoms with van der Waals surface area (Å²) in [5.74, 6) is 1.38. The molecule has 0 radical (unpaired) electrons.